The van der Waals surface area contributed by atoms with Gasteiger partial charge in [0, 0.05) is 6.42 Å². The fourth-order valence-corrected chi connectivity index (χ4v) is 1.82. The van der Waals surface area contributed by atoms with Crippen molar-refractivity contribution >= 4 is 0 Å². The highest BCUT2D eigenvalue weighted by Crippen LogP contribution is 2.21. The molecule has 1 fully saturated rings. The van der Waals surface area contributed by atoms with Crippen molar-refractivity contribution in [3.05, 3.63) is 0 Å². The predicted octanol–water partition coefficient (Wildman–Crippen LogP) is 2.02. The number of hydrogen-bond acceptors (Lipinski definition) is 2. The molecule has 0 spiro atoms. The van der Waals surface area contributed by atoms with E-state index in [2.05, 4.69) is 18.0 Å². The zero-order valence-corrected chi connectivity index (χ0v) is 7.92. The Hall–Kier alpha value is -0.550. The molecule has 2 nitrogen and oxygen atoms in total. The van der Waals surface area contributed by atoms with E-state index in [1.54, 1.807) is 0 Å². The molecule has 1 saturated heterocycles. The molecular formula is C10H18N2. The van der Waals surface area contributed by atoms with E-state index >= 15 is 0 Å². The monoisotopic (exact) mass is 166 g/mol. The van der Waals surface area contributed by atoms with Gasteiger partial charge in [0.15, 0.2) is 0 Å². The lowest BCUT2D eigenvalue weighted by Gasteiger charge is -2.28. The van der Waals surface area contributed by atoms with E-state index in [1.807, 2.05) is 0 Å². The minimum absolute atomic E-state index is 0.742. The summed E-state index contributed by atoms with van der Waals surface area (Å²) in [6.45, 7) is 2.49. The van der Waals surface area contributed by atoms with E-state index in [0.29, 0.717) is 0 Å². The number of hydrogen-bond donors (Lipinski definition) is 0. The Morgan fingerprint density at radius 1 is 1.42 bits per heavy atom. The quantitative estimate of drug-likeness (QED) is 0.600. The Labute approximate surface area is 75.2 Å². The van der Waals surface area contributed by atoms with Crippen LogP contribution in [-0.2, 0) is 0 Å². The second-order valence-electron chi connectivity index (χ2n) is 3.80. The van der Waals surface area contributed by atoms with Crippen LogP contribution in [0.3, 0.4) is 0 Å². The van der Waals surface area contributed by atoms with Gasteiger partial charge in [-0.05, 0) is 51.7 Å². The fraction of sp³-hybridized carbons (Fsp3) is 0.900. The van der Waals surface area contributed by atoms with E-state index in [9.17, 15) is 0 Å². The van der Waals surface area contributed by atoms with Gasteiger partial charge in [0.1, 0.15) is 0 Å². The van der Waals surface area contributed by atoms with E-state index in [-0.39, 0.29) is 0 Å². The third kappa shape index (κ3) is 3.23. The van der Waals surface area contributed by atoms with Crippen molar-refractivity contribution in [1.29, 1.82) is 5.26 Å². The van der Waals surface area contributed by atoms with Crippen molar-refractivity contribution in [2.24, 2.45) is 5.92 Å². The summed E-state index contributed by atoms with van der Waals surface area (Å²) in [5.41, 5.74) is 0. The zero-order valence-electron chi connectivity index (χ0n) is 7.92. The van der Waals surface area contributed by atoms with Gasteiger partial charge in [-0.25, -0.2) is 0 Å². The average molecular weight is 166 g/mol. The number of nitriles is 1. The van der Waals surface area contributed by atoms with Gasteiger partial charge in [-0.2, -0.15) is 5.26 Å². The van der Waals surface area contributed by atoms with E-state index in [4.69, 9.17) is 5.26 Å². The van der Waals surface area contributed by atoms with Gasteiger partial charge in [-0.15, -0.1) is 0 Å². The highest BCUT2D eigenvalue weighted by atomic mass is 15.1. The standard InChI is InChI=1S/C10H18N2/c1-12-8-5-10(6-9-12)4-2-3-7-11/h10H,2-6,8-9H2,1H3. The van der Waals surface area contributed by atoms with Gasteiger partial charge >= 0.3 is 0 Å². The second-order valence-corrected chi connectivity index (χ2v) is 3.80. The Morgan fingerprint density at radius 3 is 2.67 bits per heavy atom. The third-order valence-electron chi connectivity index (χ3n) is 2.74. The molecule has 0 amide bonds. The third-order valence-corrected chi connectivity index (χ3v) is 2.74. The molecule has 1 aliphatic heterocycles. The lowest BCUT2D eigenvalue weighted by atomic mass is 9.92. The van der Waals surface area contributed by atoms with Gasteiger partial charge in [-0.1, -0.05) is 0 Å². The van der Waals surface area contributed by atoms with Crippen molar-refractivity contribution in [3.8, 4) is 6.07 Å². The van der Waals surface area contributed by atoms with Crippen LogP contribution in [0.2, 0.25) is 0 Å². The summed E-state index contributed by atoms with van der Waals surface area (Å²) < 4.78 is 0. The normalized spacial score (nSPS) is 20.7. The van der Waals surface area contributed by atoms with E-state index < -0.39 is 0 Å². The molecule has 0 aromatic carbocycles. The number of nitrogens with zero attached hydrogens (tertiary/aromatic N) is 2. The van der Waals surface area contributed by atoms with Crippen LogP contribution in [-0.4, -0.2) is 25.0 Å². The maximum atomic E-state index is 8.38. The first kappa shape index (κ1) is 9.54. The van der Waals surface area contributed by atoms with Crippen molar-refractivity contribution in [3.63, 3.8) is 0 Å². The van der Waals surface area contributed by atoms with E-state index in [0.717, 1.165) is 18.8 Å². The fourth-order valence-electron chi connectivity index (χ4n) is 1.82. The van der Waals surface area contributed by atoms with Crippen molar-refractivity contribution < 1.29 is 0 Å². The summed E-state index contributed by atoms with van der Waals surface area (Å²) in [4.78, 5) is 2.39. The zero-order chi connectivity index (χ0) is 8.81. The molecule has 0 atom stereocenters. The first-order valence-corrected chi connectivity index (χ1v) is 4.88. The van der Waals surface area contributed by atoms with Crippen LogP contribution < -0.4 is 0 Å². The summed E-state index contributed by atoms with van der Waals surface area (Å²) >= 11 is 0. The molecule has 0 aromatic rings. The SMILES string of the molecule is CN1CCC(CCCC#N)CC1. The molecule has 0 saturated carbocycles. The molecule has 12 heavy (non-hydrogen) atoms. The molecule has 0 unspecified atom stereocenters. The van der Waals surface area contributed by atoms with Gasteiger partial charge in [-0.3, -0.25) is 0 Å². The maximum Gasteiger partial charge on any atom is 0.0621 e. The molecule has 1 rings (SSSR count). The van der Waals surface area contributed by atoms with Gasteiger partial charge in [0.05, 0.1) is 6.07 Å². The van der Waals surface area contributed by atoms with Crippen LogP contribution in [0, 0.1) is 17.2 Å². The molecule has 1 aliphatic rings. The molecule has 0 N–H and O–H groups in total. The largest absolute Gasteiger partial charge is 0.306 e. The Kier molecular flexibility index (Phi) is 4.10. The topological polar surface area (TPSA) is 27.0 Å². The minimum Gasteiger partial charge on any atom is -0.306 e. The molecule has 0 radical (unpaired) electrons. The van der Waals surface area contributed by atoms with Crippen LogP contribution >= 0.6 is 0 Å². The van der Waals surface area contributed by atoms with Crippen molar-refractivity contribution in [2.45, 2.75) is 32.1 Å². The second kappa shape index (κ2) is 5.16. The number of piperidine rings is 1. The van der Waals surface area contributed by atoms with Crippen LogP contribution in [0.4, 0.5) is 0 Å². The predicted molar refractivity (Wildman–Crippen MR) is 49.7 cm³/mol. The smallest absolute Gasteiger partial charge is 0.0621 e. The van der Waals surface area contributed by atoms with Crippen LogP contribution in [0.1, 0.15) is 32.1 Å². The number of rotatable bonds is 3. The first-order chi connectivity index (χ1) is 5.83. The van der Waals surface area contributed by atoms with Crippen molar-refractivity contribution in [1.82, 2.24) is 4.90 Å². The van der Waals surface area contributed by atoms with E-state index in [1.165, 1.54) is 32.4 Å². The van der Waals surface area contributed by atoms with Crippen LogP contribution in [0.15, 0.2) is 0 Å². The minimum atomic E-state index is 0.742. The van der Waals surface area contributed by atoms with Crippen LogP contribution in [0.5, 0.6) is 0 Å². The van der Waals surface area contributed by atoms with Gasteiger partial charge in [0.2, 0.25) is 0 Å². The molecule has 2 heteroatoms. The number of unbranched alkanes of at least 4 members (excludes halogenated alkanes) is 1. The Bertz CT molecular complexity index is 152. The number of likely N-dealkylation sites (tertiary alicyclic amines) is 1. The summed E-state index contributed by atoms with van der Waals surface area (Å²) in [6.07, 6.45) is 5.78. The average Bonchev–Trinajstić information content (AvgIpc) is 2.09. The molecular weight excluding hydrogens is 148 g/mol. The highest BCUT2D eigenvalue weighted by Gasteiger charge is 2.15. The lowest BCUT2D eigenvalue weighted by molar-refractivity contribution is 0.211. The van der Waals surface area contributed by atoms with Gasteiger partial charge in [0.25, 0.3) is 0 Å². The summed E-state index contributed by atoms with van der Waals surface area (Å²) in [7, 11) is 2.19. The molecule has 0 aliphatic carbocycles. The summed E-state index contributed by atoms with van der Waals surface area (Å²) in [5, 5.41) is 8.38. The Balaban J connectivity index is 2.06. The molecule has 1 heterocycles. The van der Waals surface area contributed by atoms with Crippen molar-refractivity contribution in [2.75, 3.05) is 20.1 Å². The molecule has 0 bridgehead atoms. The molecule has 0 aromatic heterocycles. The van der Waals surface area contributed by atoms with Crippen LogP contribution in [0.25, 0.3) is 0 Å². The Morgan fingerprint density at radius 2 is 2.08 bits per heavy atom. The highest BCUT2D eigenvalue weighted by molar-refractivity contribution is 4.73. The summed E-state index contributed by atoms with van der Waals surface area (Å²) in [5.74, 6) is 0.898. The summed E-state index contributed by atoms with van der Waals surface area (Å²) in [6, 6.07) is 2.21. The first-order valence-electron chi connectivity index (χ1n) is 4.88. The molecule has 68 valence electrons. The van der Waals surface area contributed by atoms with Gasteiger partial charge < -0.3 is 4.90 Å². The maximum absolute atomic E-state index is 8.38. The lowest BCUT2D eigenvalue weighted by Crippen LogP contribution is -2.30.